The zero-order valence-electron chi connectivity index (χ0n) is 11.4. The molecule has 5 heteroatoms. The Morgan fingerprint density at radius 1 is 1.35 bits per heavy atom. The van der Waals surface area contributed by atoms with Crippen LogP contribution >= 0.6 is 0 Å². The first kappa shape index (κ1) is 14.5. The Bertz CT molecular complexity index is 488. The Balaban J connectivity index is 2.16. The molecule has 1 aromatic carbocycles. The molecule has 1 fully saturated rings. The Hall–Kier alpha value is -1.88. The summed E-state index contributed by atoms with van der Waals surface area (Å²) in [4.78, 5) is 22.6. The number of carbonyl (C=O) groups excluding carboxylic acids is 1. The summed E-state index contributed by atoms with van der Waals surface area (Å²) in [6.07, 6.45) is 0.239. The third kappa shape index (κ3) is 2.82. The van der Waals surface area contributed by atoms with E-state index in [0.717, 1.165) is 12.0 Å². The molecule has 0 bridgehead atoms. The van der Waals surface area contributed by atoms with Crippen molar-refractivity contribution in [2.45, 2.75) is 25.4 Å². The number of hydrogen-bond acceptors (Lipinski definition) is 4. The van der Waals surface area contributed by atoms with Gasteiger partial charge in [-0.1, -0.05) is 37.3 Å². The highest BCUT2D eigenvalue weighted by Gasteiger charge is 2.61. The lowest BCUT2D eigenvalue weighted by Gasteiger charge is -2.15. The number of carbonyl (C=O) groups is 2. The zero-order valence-corrected chi connectivity index (χ0v) is 11.4. The van der Waals surface area contributed by atoms with Gasteiger partial charge in [-0.25, -0.2) is 0 Å². The highest BCUT2D eigenvalue weighted by molar-refractivity contribution is 5.78. The molecule has 0 spiro atoms. The molecule has 0 heterocycles. The number of nitrogens with two attached hydrogens (primary N) is 1. The SMILES string of the molecule is CCC(c1ccccc1)C1C(OC(=O)CN)C1C(=O)O. The highest BCUT2D eigenvalue weighted by atomic mass is 16.6. The van der Waals surface area contributed by atoms with Gasteiger partial charge in [-0.2, -0.15) is 0 Å². The van der Waals surface area contributed by atoms with Crippen LogP contribution < -0.4 is 5.73 Å². The molecule has 20 heavy (non-hydrogen) atoms. The third-order valence-corrected chi connectivity index (χ3v) is 3.86. The molecular weight excluding hydrogens is 258 g/mol. The molecule has 2 rings (SSSR count). The minimum atomic E-state index is -0.917. The lowest BCUT2D eigenvalue weighted by Crippen LogP contribution is -2.20. The first-order valence-electron chi connectivity index (χ1n) is 6.77. The van der Waals surface area contributed by atoms with Crippen molar-refractivity contribution in [2.24, 2.45) is 17.6 Å². The molecule has 5 nitrogen and oxygen atoms in total. The first-order chi connectivity index (χ1) is 9.60. The van der Waals surface area contributed by atoms with E-state index in [4.69, 9.17) is 10.5 Å². The summed E-state index contributed by atoms with van der Waals surface area (Å²) in [7, 11) is 0. The van der Waals surface area contributed by atoms with E-state index in [-0.39, 0.29) is 18.4 Å². The molecule has 1 aliphatic rings. The number of esters is 1. The van der Waals surface area contributed by atoms with E-state index in [9.17, 15) is 14.7 Å². The van der Waals surface area contributed by atoms with Crippen LogP contribution in [-0.4, -0.2) is 29.7 Å². The van der Waals surface area contributed by atoms with Crippen molar-refractivity contribution in [2.75, 3.05) is 6.54 Å². The predicted molar refractivity (Wildman–Crippen MR) is 73.0 cm³/mol. The number of hydrogen-bond donors (Lipinski definition) is 2. The Labute approximate surface area is 117 Å². The Morgan fingerprint density at radius 3 is 2.50 bits per heavy atom. The smallest absolute Gasteiger partial charge is 0.320 e. The molecule has 4 unspecified atom stereocenters. The first-order valence-corrected chi connectivity index (χ1v) is 6.77. The number of rotatable bonds is 6. The van der Waals surface area contributed by atoms with Crippen LogP contribution in [0.2, 0.25) is 0 Å². The summed E-state index contributed by atoms with van der Waals surface area (Å²) in [5.41, 5.74) is 6.29. The molecular formula is C15H19NO4. The minimum Gasteiger partial charge on any atom is -0.481 e. The van der Waals surface area contributed by atoms with Gasteiger partial charge in [0.25, 0.3) is 0 Å². The summed E-state index contributed by atoms with van der Waals surface area (Å²) < 4.78 is 5.16. The van der Waals surface area contributed by atoms with E-state index in [1.165, 1.54) is 0 Å². The molecule has 1 saturated carbocycles. The van der Waals surface area contributed by atoms with Crippen LogP contribution in [0, 0.1) is 11.8 Å². The Morgan fingerprint density at radius 2 is 2.00 bits per heavy atom. The van der Waals surface area contributed by atoms with E-state index >= 15 is 0 Å². The van der Waals surface area contributed by atoms with Gasteiger partial charge in [0.2, 0.25) is 0 Å². The monoisotopic (exact) mass is 277 g/mol. The van der Waals surface area contributed by atoms with Gasteiger partial charge in [0.1, 0.15) is 12.0 Å². The molecule has 0 saturated heterocycles. The van der Waals surface area contributed by atoms with E-state index in [0.29, 0.717) is 0 Å². The van der Waals surface area contributed by atoms with Gasteiger partial charge in [0, 0.05) is 5.92 Å². The van der Waals surface area contributed by atoms with Crippen LogP contribution in [0.25, 0.3) is 0 Å². The molecule has 0 amide bonds. The average Bonchev–Trinajstić information content (AvgIpc) is 3.14. The number of carboxylic acids is 1. The fourth-order valence-electron chi connectivity index (χ4n) is 2.87. The fraction of sp³-hybridized carbons (Fsp3) is 0.467. The molecule has 3 N–H and O–H groups in total. The maximum absolute atomic E-state index is 11.3. The van der Waals surface area contributed by atoms with Crippen molar-refractivity contribution in [3.63, 3.8) is 0 Å². The second-order valence-electron chi connectivity index (χ2n) is 5.03. The molecule has 4 atom stereocenters. The average molecular weight is 277 g/mol. The standard InChI is InChI=1S/C15H19NO4/c1-2-10(9-6-4-3-5-7-9)12-13(15(18)19)14(12)20-11(17)8-16/h3-7,10,12-14H,2,8,16H2,1H3,(H,18,19). The zero-order chi connectivity index (χ0) is 14.7. The molecule has 0 aliphatic heterocycles. The van der Waals surface area contributed by atoms with Gasteiger partial charge < -0.3 is 15.6 Å². The fourth-order valence-corrected chi connectivity index (χ4v) is 2.87. The lowest BCUT2D eigenvalue weighted by atomic mass is 9.90. The summed E-state index contributed by atoms with van der Waals surface area (Å²) in [5, 5.41) is 9.25. The molecule has 1 aromatic rings. The lowest BCUT2D eigenvalue weighted by molar-refractivity contribution is -0.146. The summed E-state index contributed by atoms with van der Waals surface area (Å²) in [6.45, 7) is 1.79. The summed E-state index contributed by atoms with van der Waals surface area (Å²) in [6, 6.07) is 9.73. The van der Waals surface area contributed by atoms with E-state index in [1.54, 1.807) is 0 Å². The molecule has 0 aromatic heterocycles. The van der Waals surface area contributed by atoms with Crippen LogP contribution in [0.4, 0.5) is 0 Å². The van der Waals surface area contributed by atoms with Crippen molar-refractivity contribution in [1.82, 2.24) is 0 Å². The minimum absolute atomic E-state index is 0.0767. The van der Waals surface area contributed by atoms with Crippen molar-refractivity contribution in [3.05, 3.63) is 35.9 Å². The Kier molecular flexibility index (Phi) is 4.39. The number of ether oxygens (including phenoxy) is 1. The quantitative estimate of drug-likeness (QED) is 0.767. The number of benzene rings is 1. The van der Waals surface area contributed by atoms with Crippen LogP contribution in [0.15, 0.2) is 30.3 Å². The largest absolute Gasteiger partial charge is 0.481 e. The van der Waals surface area contributed by atoms with Gasteiger partial charge in [0.05, 0.1) is 6.54 Å². The number of aliphatic carboxylic acids is 1. The van der Waals surface area contributed by atoms with Crippen LogP contribution in [-0.2, 0) is 14.3 Å². The summed E-state index contributed by atoms with van der Waals surface area (Å²) in [5.74, 6) is -2.19. The predicted octanol–water partition coefficient (Wildman–Crippen LogP) is 1.38. The normalized spacial score (nSPS) is 25.8. The maximum atomic E-state index is 11.3. The molecule has 0 radical (unpaired) electrons. The topological polar surface area (TPSA) is 89.6 Å². The molecule has 108 valence electrons. The van der Waals surface area contributed by atoms with E-state index < -0.39 is 24.0 Å². The van der Waals surface area contributed by atoms with E-state index in [2.05, 4.69) is 0 Å². The molecule has 1 aliphatic carbocycles. The van der Waals surface area contributed by atoms with Gasteiger partial charge in [-0.15, -0.1) is 0 Å². The van der Waals surface area contributed by atoms with Gasteiger partial charge in [-0.05, 0) is 17.9 Å². The van der Waals surface area contributed by atoms with Crippen LogP contribution in [0.5, 0.6) is 0 Å². The van der Waals surface area contributed by atoms with Gasteiger partial charge in [-0.3, -0.25) is 9.59 Å². The summed E-state index contributed by atoms with van der Waals surface area (Å²) >= 11 is 0. The van der Waals surface area contributed by atoms with Crippen LogP contribution in [0.3, 0.4) is 0 Å². The second kappa shape index (κ2) is 6.05. The van der Waals surface area contributed by atoms with Crippen molar-refractivity contribution in [1.29, 1.82) is 0 Å². The van der Waals surface area contributed by atoms with Crippen molar-refractivity contribution in [3.8, 4) is 0 Å². The highest BCUT2D eigenvalue weighted by Crippen LogP contribution is 2.52. The third-order valence-electron chi connectivity index (χ3n) is 3.86. The van der Waals surface area contributed by atoms with Gasteiger partial charge >= 0.3 is 11.9 Å². The van der Waals surface area contributed by atoms with Crippen LogP contribution in [0.1, 0.15) is 24.8 Å². The second-order valence-corrected chi connectivity index (χ2v) is 5.03. The van der Waals surface area contributed by atoms with E-state index in [1.807, 2.05) is 37.3 Å². The maximum Gasteiger partial charge on any atom is 0.320 e. The van der Waals surface area contributed by atoms with Crippen molar-refractivity contribution >= 4 is 11.9 Å². The van der Waals surface area contributed by atoms with Crippen molar-refractivity contribution < 1.29 is 19.4 Å². The number of carboxylic acid groups (broad SMARTS) is 1. The van der Waals surface area contributed by atoms with Gasteiger partial charge in [0.15, 0.2) is 0 Å².